The summed E-state index contributed by atoms with van der Waals surface area (Å²) in [6, 6.07) is 28.5. The number of hydrogen-bond donors (Lipinski definition) is 1. The fourth-order valence-electron chi connectivity index (χ4n) is 3.62. The van der Waals surface area contributed by atoms with Crippen molar-refractivity contribution in [3.05, 3.63) is 102 Å². The maximum Gasteiger partial charge on any atom is 0.200 e. The van der Waals surface area contributed by atoms with Gasteiger partial charge >= 0.3 is 0 Å². The molecule has 1 fully saturated rings. The summed E-state index contributed by atoms with van der Waals surface area (Å²) in [6.07, 6.45) is -0.965. The van der Waals surface area contributed by atoms with Crippen LogP contribution in [0, 0.1) is 6.92 Å². The number of anilines is 1. The molecule has 1 N–H and O–H groups in total. The van der Waals surface area contributed by atoms with Crippen LogP contribution in [0.15, 0.2) is 84.9 Å². The van der Waals surface area contributed by atoms with Gasteiger partial charge < -0.3 is 10.1 Å². The highest BCUT2D eigenvalue weighted by atomic mass is 17.2. The largest absolute Gasteiger partial charge is 0.357 e. The summed E-state index contributed by atoms with van der Waals surface area (Å²) in [4.78, 5) is 11.8. The van der Waals surface area contributed by atoms with Gasteiger partial charge in [0, 0.05) is 11.6 Å². The van der Waals surface area contributed by atoms with Crippen molar-refractivity contribution in [2.75, 3.05) is 5.32 Å². The van der Waals surface area contributed by atoms with Crippen LogP contribution in [-0.2, 0) is 20.1 Å². The lowest BCUT2D eigenvalue weighted by Crippen LogP contribution is -2.53. The van der Waals surface area contributed by atoms with E-state index in [0.717, 1.165) is 16.8 Å². The summed E-state index contributed by atoms with van der Waals surface area (Å²) in [7, 11) is 0. The summed E-state index contributed by atoms with van der Waals surface area (Å²) >= 11 is 0. The van der Waals surface area contributed by atoms with Gasteiger partial charge in [-0.1, -0.05) is 79.7 Å². The van der Waals surface area contributed by atoms with Gasteiger partial charge in [0.1, 0.15) is 0 Å². The van der Waals surface area contributed by atoms with E-state index in [1.54, 1.807) is 0 Å². The monoisotopic (exact) mass is 389 g/mol. The molecule has 29 heavy (non-hydrogen) atoms. The number of rotatable bonds is 5. The van der Waals surface area contributed by atoms with Gasteiger partial charge in [0.2, 0.25) is 0 Å². The second-order valence-corrected chi connectivity index (χ2v) is 7.75. The molecule has 0 saturated carbocycles. The first-order valence-electron chi connectivity index (χ1n) is 10.00. The third kappa shape index (κ3) is 4.20. The molecule has 4 nitrogen and oxygen atoms in total. The highest BCUT2D eigenvalue weighted by Gasteiger charge is 2.47. The van der Waals surface area contributed by atoms with E-state index in [9.17, 15) is 0 Å². The van der Waals surface area contributed by atoms with Gasteiger partial charge in [-0.05, 0) is 42.7 Å². The lowest BCUT2D eigenvalue weighted by molar-refractivity contribution is -0.490. The van der Waals surface area contributed by atoms with Crippen LogP contribution in [0.1, 0.15) is 36.5 Å². The van der Waals surface area contributed by atoms with Gasteiger partial charge in [0.05, 0.1) is 0 Å². The molecule has 3 aromatic rings. The van der Waals surface area contributed by atoms with Gasteiger partial charge in [0.25, 0.3) is 0 Å². The number of aryl methyl sites for hydroxylation is 1. The lowest BCUT2D eigenvalue weighted by Gasteiger charge is -2.44. The predicted molar refractivity (Wildman–Crippen MR) is 114 cm³/mol. The van der Waals surface area contributed by atoms with Crippen molar-refractivity contribution in [1.82, 2.24) is 0 Å². The Labute approximate surface area is 172 Å². The van der Waals surface area contributed by atoms with Crippen molar-refractivity contribution in [2.24, 2.45) is 0 Å². The Morgan fingerprint density at radius 1 is 0.897 bits per heavy atom. The van der Waals surface area contributed by atoms with E-state index in [4.69, 9.17) is 14.5 Å². The molecule has 0 amide bonds. The number of nitrogens with one attached hydrogen (secondary N) is 1. The van der Waals surface area contributed by atoms with Crippen molar-refractivity contribution in [2.45, 2.75) is 44.8 Å². The highest BCUT2D eigenvalue weighted by molar-refractivity contribution is 5.47. The smallest absolute Gasteiger partial charge is 0.200 e. The first-order valence-corrected chi connectivity index (χ1v) is 10.00. The molecule has 0 spiro atoms. The van der Waals surface area contributed by atoms with Crippen LogP contribution in [0.5, 0.6) is 0 Å². The highest BCUT2D eigenvalue weighted by Crippen LogP contribution is 2.39. The zero-order chi connectivity index (χ0) is 20.3. The minimum Gasteiger partial charge on any atom is -0.357 e. The minimum absolute atomic E-state index is 0.0123. The maximum absolute atomic E-state index is 6.46. The third-order valence-electron chi connectivity index (χ3n) is 5.48. The normalized spacial score (nSPS) is 25.3. The Kier molecular flexibility index (Phi) is 5.67. The lowest BCUT2D eigenvalue weighted by atomic mass is 9.92. The van der Waals surface area contributed by atoms with Gasteiger partial charge in [0.15, 0.2) is 18.1 Å². The second-order valence-electron chi connectivity index (χ2n) is 7.75. The van der Waals surface area contributed by atoms with E-state index in [2.05, 4.69) is 43.4 Å². The molecule has 1 saturated heterocycles. The van der Waals surface area contributed by atoms with E-state index in [0.29, 0.717) is 0 Å². The maximum atomic E-state index is 6.46. The molecule has 4 rings (SSSR count). The average Bonchev–Trinajstić information content (AvgIpc) is 2.76. The van der Waals surface area contributed by atoms with Crippen LogP contribution in [-0.4, -0.2) is 12.5 Å². The van der Waals surface area contributed by atoms with Gasteiger partial charge in [-0.3, -0.25) is 0 Å². The molecule has 1 heterocycles. The van der Waals surface area contributed by atoms with Gasteiger partial charge in [-0.25, -0.2) is 9.78 Å². The third-order valence-corrected chi connectivity index (χ3v) is 5.48. The topological polar surface area (TPSA) is 39.7 Å². The van der Waals surface area contributed by atoms with Crippen LogP contribution >= 0.6 is 0 Å². The first kappa shape index (κ1) is 19.6. The molecular weight excluding hydrogens is 362 g/mol. The number of benzene rings is 3. The van der Waals surface area contributed by atoms with E-state index in [1.165, 1.54) is 5.56 Å². The van der Waals surface area contributed by atoms with E-state index >= 15 is 0 Å². The molecule has 1 aliphatic heterocycles. The summed E-state index contributed by atoms with van der Waals surface area (Å²) < 4.78 is 6.46. The van der Waals surface area contributed by atoms with Crippen molar-refractivity contribution in [3.63, 3.8) is 0 Å². The van der Waals surface area contributed by atoms with Crippen LogP contribution < -0.4 is 5.32 Å². The molecule has 3 aromatic carbocycles. The molecule has 4 unspecified atom stereocenters. The minimum atomic E-state index is -0.808. The summed E-state index contributed by atoms with van der Waals surface area (Å²) in [6.45, 7) is 6.14. The van der Waals surface area contributed by atoms with E-state index in [-0.39, 0.29) is 5.92 Å². The molecule has 0 aliphatic carbocycles. The quantitative estimate of drug-likeness (QED) is 0.564. The fraction of sp³-hybridized carbons (Fsp3) is 0.280. The number of hydrogen-bond acceptors (Lipinski definition) is 4. The predicted octanol–water partition coefficient (Wildman–Crippen LogP) is 5.76. The average molecular weight is 389 g/mol. The summed E-state index contributed by atoms with van der Waals surface area (Å²) in [5.74, 6) is 0.0123. The van der Waals surface area contributed by atoms with Crippen LogP contribution in [0.2, 0.25) is 0 Å². The van der Waals surface area contributed by atoms with E-state index in [1.807, 2.05) is 67.6 Å². The van der Waals surface area contributed by atoms with Crippen LogP contribution in [0.3, 0.4) is 0 Å². The Hall–Kier alpha value is -2.66. The molecule has 0 radical (unpaired) electrons. The molecular formula is C25H27NO3. The second kappa shape index (κ2) is 8.37. The molecule has 1 aliphatic rings. The zero-order valence-electron chi connectivity index (χ0n) is 17.0. The van der Waals surface area contributed by atoms with Gasteiger partial charge in [-0.15, -0.1) is 0 Å². The van der Waals surface area contributed by atoms with Crippen molar-refractivity contribution < 1.29 is 14.5 Å². The molecule has 4 heteroatoms. The Bertz CT molecular complexity index is 931. The zero-order valence-corrected chi connectivity index (χ0v) is 17.0. The molecule has 0 bridgehead atoms. The molecule has 4 atom stereocenters. The van der Waals surface area contributed by atoms with Crippen molar-refractivity contribution in [3.8, 4) is 0 Å². The molecule has 0 aromatic heterocycles. The van der Waals surface area contributed by atoms with Gasteiger partial charge in [-0.2, -0.15) is 0 Å². The first-order chi connectivity index (χ1) is 14.1. The SMILES string of the molecule is Cc1cccc(NC2OC(C(C)c3ccccc3)OOC2(C)c2ccccc2)c1. The number of ether oxygens (including phenoxy) is 1. The molecule has 150 valence electrons. The Morgan fingerprint density at radius 3 is 2.28 bits per heavy atom. The van der Waals surface area contributed by atoms with E-state index < -0.39 is 18.1 Å². The van der Waals surface area contributed by atoms with Crippen LogP contribution in [0.4, 0.5) is 5.69 Å². The van der Waals surface area contributed by atoms with Crippen LogP contribution in [0.25, 0.3) is 0 Å². The fourth-order valence-corrected chi connectivity index (χ4v) is 3.62. The Balaban J connectivity index is 1.63. The summed E-state index contributed by atoms with van der Waals surface area (Å²) in [5.41, 5.74) is 3.47. The Morgan fingerprint density at radius 2 is 1.59 bits per heavy atom. The summed E-state index contributed by atoms with van der Waals surface area (Å²) in [5, 5.41) is 3.52. The van der Waals surface area contributed by atoms with Crippen molar-refractivity contribution in [1.29, 1.82) is 0 Å². The van der Waals surface area contributed by atoms with Crippen molar-refractivity contribution >= 4 is 5.69 Å². The standard InChI is InChI=1S/C25H27NO3/c1-18-11-10-16-22(17-18)26-24-25(3,21-14-8-5-9-15-21)29-28-23(27-24)19(2)20-12-6-4-7-13-20/h4-17,19,23-24,26H,1-3H3.